The van der Waals surface area contributed by atoms with Crippen LogP contribution in [-0.2, 0) is 11.2 Å². The predicted molar refractivity (Wildman–Crippen MR) is 84.3 cm³/mol. The average Bonchev–Trinajstić information content (AvgIpc) is 2.98. The van der Waals surface area contributed by atoms with Gasteiger partial charge in [0.2, 0.25) is 0 Å². The van der Waals surface area contributed by atoms with Gasteiger partial charge in [-0.3, -0.25) is 4.79 Å². The molecule has 1 N–H and O–H groups in total. The van der Waals surface area contributed by atoms with Crippen LogP contribution in [0.4, 0.5) is 0 Å². The number of aliphatic carboxylic acids is 1. The van der Waals surface area contributed by atoms with Crippen molar-refractivity contribution >= 4 is 17.3 Å². The second-order valence-electron chi connectivity index (χ2n) is 4.63. The van der Waals surface area contributed by atoms with Gasteiger partial charge in [0.25, 0.3) is 0 Å². The number of rotatable bonds is 4. The van der Waals surface area contributed by atoms with Crippen molar-refractivity contribution in [3.05, 3.63) is 65.5 Å². The fourth-order valence-electron chi connectivity index (χ4n) is 2.20. The molecule has 1 heterocycles. The zero-order valence-electron chi connectivity index (χ0n) is 11.2. The summed E-state index contributed by atoms with van der Waals surface area (Å²) in [5.41, 5.74) is 3.58. The average molecular weight is 295 g/mol. The van der Waals surface area contributed by atoms with Gasteiger partial charge in [-0.05, 0) is 5.56 Å². The molecule has 2 aromatic carbocycles. The Hall–Kier alpha value is -2.46. The molecule has 0 aliphatic heterocycles. The van der Waals surface area contributed by atoms with Crippen molar-refractivity contribution in [2.75, 3.05) is 0 Å². The van der Waals surface area contributed by atoms with E-state index in [0.29, 0.717) is 0 Å². The minimum absolute atomic E-state index is 0.00830. The molecule has 4 heteroatoms. The van der Waals surface area contributed by atoms with Crippen LogP contribution in [0.2, 0.25) is 0 Å². The summed E-state index contributed by atoms with van der Waals surface area (Å²) in [4.78, 5) is 15.6. The Kier molecular flexibility index (Phi) is 3.79. The standard InChI is InChI=1S/C17H13NO2S/c19-16(20)10-13-8-4-5-9-14(13)15-11-21-17(18-15)12-6-2-1-3-7-12/h1-9,11H,10H2,(H,19,20). The van der Waals surface area contributed by atoms with Crippen molar-refractivity contribution in [3.63, 3.8) is 0 Å². The van der Waals surface area contributed by atoms with Gasteiger partial charge in [-0.25, -0.2) is 4.98 Å². The Morgan fingerprint density at radius 2 is 1.76 bits per heavy atom. The van der Waals surface area contributed by atoms with E-state index < -0.39 is 5.97 Å². The second kappa shape index (κ2) is 5.89. The number of benzene rings is 2. The molecule has 3 rings (SSSR count). The van der Waals surface area contributed by atoms with E-state index in [2.05, 4.69) is 4.98 Å². The van der Waals surface area contributed by atoms with Gasteiger partial charge >= 0.3 is 5.97 Å². The molecule has 0 radical (unpaired) electrons. The van der Waals surface area contributed by atoms with Crippen LogP contribution in [0.3, 0.4) is 0 Å². The van der Waals surface area contributed by atoms with Gasteiger partial charge in [-0.1, -0.05) is 54.6 Å². The lowest BCUT2D eigenvalue weighted by Crippen LogP contribution is -2.01. The number of thiazole rings is 1. The zero-order chi connectivity index (χ0) is 14.7. The molecule has 1 aromatic heterocycles. The van der Waals surface area contributed by atoms with Crippen LogP contribution in [0.1, 0.15) is 5.56 Å². The van der Waals surface area contributed by atoms with Gasteiger partial charge in [-0.15, -0.1) is 11.3 Å². The number of carbonyl (C=O) groups is 1. The second-order valence-corrected chi connectivity index (χ2v) is 5.49. The molecule has 3 aromatic rings. The molecule has 0 unspecified atom stereocenters. The van der Waals surface area contributed by atoms with Gasteiger partial charge in [0.15, 0.2) is 0 Å². The highest BCUT2D eigenvalue weighted by Gasteiger charge is 2.11. The first-order chi connectivity index (χ1) is 10.2. The number of aromatic nitrogens is 1. The maximum atomic E-state index is 11.0. The molecule has 0 atom stereocenters. The Morgan fingerprint density at radius 3 is 2.52 bits per heavy atom. The molecule has 0 bridgehead atoms. The van der Waals surface area contributed by atoms with Gasteiger partial charge in [0.1, 0.15) is 5.01 Å². The normalized spacial score (nSPS) is 10.5. The van der Waals surface area contributed by atoms with E-state index in [9.17, 15) is 4.79 Å². The lowest BCUT2D eigenvalue weighted by molar-refractivity contribution is -0.136. The number of carboxylic acids is 1. The first kappa shape index (κ1) is 13.5. The quantitative estimate of drug-likeness (QED) is 0.788. The van der Waals surface area contributed by atoms with Crippen LogP contribution in [-0.4, -0.2) is 16.1 Å². The minimum atomic E-state index is -0.832. The number of nitrogens with zero attached hydrogens (tertiary/aromatic N) is 1. The maximum Gasteiger partial charge on any atom is 0.307 e. The van der Waals surface area contributed by atoms with Crippen LogP contribution in [0.5, 0.6) is 0 Å². The van der Waals surface area contributed by atoms with Crippen molar-refractivity contribution < 1.29 is 9.90 Å². The molecule has 3 nitrogen and oxygen atoms in total. The molecule has 0 fully saturated rings. The van der Waals surface area contributed by atoms with E-state index in [1.54, 1.807) is 11.3 Å². The SMILES string of the molecule is O=C(O)Cc1ccccc1-c1csc(-c2ccccc2)n1. The highest BCUT2D eigenvalue weighted by molar-refractivity contribution is 7.13. The van der Waals surface area contributed by atoms with Gasteiger partial charge < -0.3 is 5.11 Å². The summed E-state index contributed by atoms with van der Waals surface area (Å²) in [7, 11) is 0. The van der Waals surface area contributed by atoms with Crippen molar-refractivity contribution in [2.45, 2.75) is 6.42 Å². The summed E-state index contributed by atoms with van der Waals surface area (Å²) < 4.78 is 0. The monoisotopic (exact) mass is 295 g/mol. The van der Waals surface area contributed by atoms with E-state index in [1.807, 2.05) is 60.0 Å². The number of hydrogen-bond donors (Lipinski definition) is 1. The van der Waals surface area contributed by atoms with Crippen LogP contribution >= 0.6 is 11.3 Å². The number of hydrogen-bond acceptors (Lipinski definition) is 3. The lowest BCUT2D eigenvalue weighted by Gasteiger charge is -2.04. The molecule has 0 aliphatic rings. The summed E-state index contributed by atoms with van der Waals surface area (Å²) in [6, 6.07) is 17.5. The van der Waals surface area contributed by atoms with Crippen LogP contribution < -0.4 is 0 Å². The van der Waals surface area contributed by atoms with E-state index in [4.69, 9.17) is 5.11 Å². The van der Waals surface area contributed by atoms with Gasteiger partial charge in [0, 0.05) is 16.5 Å². The Labute approximate surface area is 126 Å². The lowest BCUT2D eigenvalue weighted by atomic mass is 10.0. The predicted octanol–water partition coefficient (Wildman–Crippen LogP) is 4.10. The molecule has 21 heavy (non-hydrogen) atoms. The molecular weight excluding hydrogens is 282 g/mol. The summed E-state index contributed by atoms with van der Waals surface area (Å²) in [5, 5.41) is 11.9. The fourth-order valence-corrected chi connectivity index (χ4v) is 3.02. The molecule has 0 spiro atoms. The summed E-state index contributed by atoms with van der Waals surface area (Å²) in [6.45, 7) is 0. The van der Waals surface area contributed by atoms with Gasteiger partial charge in [0.05, 0.1) is 12.1 Å². The molecule has 0 aliphatic carbocycles. The zero-order valence-corrected chi connectivity index (χ0v) is 12.0. The largest absolute Gasteiger partial charge is 0.481 e. The van der Waals surface area contributed by atoms with Crippen molar-refractivity contribution in [3.8, 4) is 21.8 Å². The van der Waals surface area contributed by atoms with Crippen molar-refractivity contribution in [1.82, 2.24) is 4.98 Å². The third kappa shape index (κ3) is 3.01. The molecular formula is C17H13NO2S. The fraction of sp³-hybridized carbons (Fsp3) is 0.0588. The third-order valence-electron chi connectivity index (χ3n) is 3.16. The first-order valence-corrected chi connectivity index (χ1v) is 7.43. The minimum Gasteiger partial charge on any atom is -0.481 e. The van der Waals surface area contributed by atoms with E-state index in [1.165, 1.54) is 0 Å². The molecule has 0 saturated carbocycles. The van der Waals surface area contributed by atoms with Crippen LogP contribution in [0.25, 0.3) is 21.8 Å². The Morgan fingerprint density at radius 1 is 1.05 bits per heavy atom. The summed E-state index contributed by atoms with van der Waals surface area (Å²) in [6.07, 6.45) is 0.00830. The Balaban J connectivity index is 1.99. The van der Waals surface area contributed by atoms with Gasteiger partial charge in [-0.2, -0.15) is 0 Å². The van der Waals surface area contributed by atoms with Crippen molar-refractivity contribution in [2.24, 2.45) is 0 Å². The maximum absolute atomic E-state index is 11.0. The highest BCUT2D eigenvalue weighted by atomic mass is 32.1. The first-order valence-electron chi connectivity index (χ1n) is 6.55. The third-order valence-corrected chi connectivity index (χ3v) is 4.05. The van der Waals surface area contributed by atoms with E-state index in [-0.39, 0.29) is 6.42 Å². The van der Waals surface area contributed by atoms with Crippen molar-refractivity contribution in [1.29, 1.82) is 0 Å². The van der Waals surface area contributed by atoms with E-state index in [0.717, 1.165) is 27.4 Å². The molecule has 0 amide bonds. The van der Waals surface area contributed by atoms with Crippen LogP contribution in [0, 0.1) is 0 Å². The summed E-state index contributed by atoms with van der Waals surface area (Å²) >= 11 is 1.57. The smallest absolute Gasteiger partial charge is 0.307 e. The molecule has 0 saturated heterocycles. The van der Waals surface area contributed by atoms with Crippen LogP contribution in [0.15, 0.2) is 60.0 Å². The Bertz CT molecular complexity index is 765. The topological polar surface area (TPSA) is 50.2 Å². The van der Waals surface area contributed by atoms with E-state index >= 15 is 0 Å². The number of carboxylic acid groups (broad SMARTS) is 1. The summed E-state index contributed by atoms with van der Waals surface area (Å²) in [5.74, 6) is -0.832. The highest BCUT2D eigenvalue weighted by Crippen LogP contribution is 2.30. The molecule has 104 valence electrons.